The van der Waals surface area contributed by atoms with Crippen molar-refractivity contribution in [3.05, 3.63) is 65.0 Å². The number of aliphatic hydroxyl groups excluding tert-OH is 1. The summed E-state index contributed by atoms with van der Waals surface area (Å²) in [6.45, 7) is -0.293. The van der Waals surface area contributed by atoms with E-state index in [0.29, 0.717) is 12.0 Å². The number of aliphatic hydroxyl groups is 1. The molecule has 0 heterocycles. The molecule has 0 bridgehead atoms. The van der Waals surface area contributed by atoms with E-state index in [0.717, 1.165) is 29.7 Å². The highest BCUT2D eigenvalue weighted by Gasteiger charge is 2.03. The van der Waals surface area contributed by atoms with E-state index in [9.17, 15) is 9.18 Å². The largest absolute Gasteiger partial charge is 0.392 e. The molecule has 0 aliphatic carbocycles. The van der Waals surface area contributed by atoms with Crippen molar-refractivity contribution in [3.63, 3.8) is 0 Å². The standard InChI is InChI=1S/C16H16FNO2/c17-16-7-6-13(8-14(16)10-19)5-4-12-2-1-3-15(9-12)18-11-20/h1-3,6-9,11,19H,4-5,10H2,(H,18,20). The predicted octanol–water partition coefficient (Wildman–Crippen LogP) is 2.67. The molecule has 0 aromatic heterocycles. The number of hydrogen-bond acceptors (Lipinski definition) is 2. The maximum Gasteiger partial charge on any atom is 0.211 e. The summed E-state index contributed by atoms with van der Waals surface area (Å²) in [5, 5.41) is 11.7. The maximum absolute atomic E-state index is 13.3. The Labute approximate surface area is 117 Å². The molecule has 2 aromatic rings. The van der Waals surface area contributed by atoms with Crippen molar-refractivity contribution >= 4 is 12.1 Å². The molecule has 0 fully saturated rings. The van der Waals surface area contributed by atoms with Crippen LogP contribution in [0, 0.1) is 5.82 Å². The second-order valence-electron chi connectivity index (χ2n) is 4.55. The third kappa shape index (κ3) is 3.65. The van der Waals surface area contributed by atoms with Crippen LogP contribution in [-0.2, 0) is 24.2 Å². The minimum absolute atomic E-state index is 0.293. The molecule has 0 saturated carbocycles. The van der Waals surface area contributed by atoms with Gasteiger partial charge < -0.3 is 10.4 Å². The van der Waals surface area contributed by atoms with Gasteiger partial charge in [0.05, 0.1) is 6.61 Å². The summed E-state index contributed by atoms with van der Waals surface area (Å²) >= 11 is 0. The number of amides is 1. The maximum atomic E-state index is 13.3. The lowest BCUT2D eigenvalue weighted by Gasteiger charge is -2.06. The number of carbonyl (C=O) groups excluding carboxylic acids is 1. The first kappa shape index (κ1) is 14.2. The monoisotopic (exact) mass is 273 g/mol. The van der Waals surface area contributed by atoms with Crippen LogP contribution in [0.4, 0.5) is 10.1 Å². The fourth-order valence-electron chi connectivity index (χ4n) is 2.08. The zero-order valence-electron chi connectivity index (χ0n) is 11.0. The molecule has 20 heavy (non-hydrogen) atoms. The lowest BCUT2D eigenvalue weighted by molar-refractivity contribution is -0.105. The Kier molecular flexibility index (Phi) is 4.85. The Bertz CT molecular complexity index is 599. The molecule has 0 unspecified atom stereocenters. The van der Waals surface area contributed by atoms with Gasteiger partial charge in [0, 0.05) is 11.3 Å². The third-order valence-corrected chi connectivity index (χ3v) is 3.14. The van der Waals surface area contributed by atoms with Gasteiger partial charge in [0.2, 0.25) is 6.41 Å². The van der Waals surface area contributed by atoms with Crippen molar-refractivity contribution in [1.82, 2.24) is 0 Å². The molecule has 1 amide bonds. The predicted molar refractivity (Wildman–Crippen MR) is 75.9 cm³/mol. The second kappa shape index (κ2) is 6.82. The molecule has 2 aromatic carbocycles. The Hall–Kier alpha value is -2.20. The Morgan fingerprint density at radius 2 is 1.85 bits per heavy atom. The highest BCUT2D eigenvalue weighted by Crippen LogP contribution is 2.15. The number of nitrogens with one attached hydrogen (secondary N) is 1. The van der Waals surface area contributed by atoms with E-state index in [-0.39, 0.29) is 12.4 Å². The number of halogens is 1. The van der Waals surface area contributed by atoms with Crippen LogP contribution in [0.25, 0.3) is 0 Å². The molecule has 0 spiro atoms. The first-order valence-electron chi connectivity index (χ1n) is 6.40. The Balaban J connectivity index is 2.04. The van der Waals surface area contributed by atoms with E-state index in [2.05, 4.69) is 5.32 Å². The smallest absolute Gasteiger partial charge is 0.211 e. The van der Waals surface area contributed by atoms with Crippen molar-refractivity contribution < 1.29 is 14.3 Å². The number of benzene rings is 2. The van der Waals surface area contributed by atoms with Crippen LogP contribution in [-0.4, -0.2) is 11.5 Å². The van der Waals surface area contributed by atoms with Crippen molar-refractivity contribution in [2.24, 2.45) is 0 Å². The van der Waals surface area contributed by atoms with Crippen molar-refractivity contribution in [3.8, 4) is 0 Å². The van der Waals surface area contributed by atoms with Gasteiger partial charge in [-0.3, -0.25) is 4.79 Å². The fraction of sp³-hybridized carbons (Fsp3) is 0.188. The van der Waals surface area contributed by atoms with E-state index in [1.165, 1.54) is 6.07 Å². The van der Waals surface area contributed by atoms with Gasteiger partial charge in [-0.15, -0.1) is 0 Å². The minimum Gasteiger partial charge on any atom is -0.392 e. The molecular formula is C16H16FNO2. The van der Waals surface area contributed by atoms with Gasteiger partial charge in [-0.2, -0.15) is 0 Å². The van der Waals surface area contributed by atoms with Gasteiger partial charge in [-0.1, -0.05) is 24.3 Å². The first-order chi connectivity index (χ1) is 9.72. The average molecular weight is 273 g/mol. The molecule has 0 saturated heterocycles. The molecule has 2 N–H and O–H groups in total. The number of hydrogen-bond donors (Lipinski definition) is 2. The summed E-state index contributed by atoms with van der Waals surface area (Å²) in [6, 6.07) is 12.4. The van der Waals surface area contributed by atoms with Crippen molar-refractivity contribution in [1.29, 1.82) is 0 Å². The topological polar surface area (TPSA) is 49.3 Å². The van der Waals surface area contributed by atoms with E-state index in [1.807, 2.05) is 24.3 Å². The molecule has 0 aliphatic rings. The zero-order valence-corrected chi connectivity index (χ0v) is 11.0. The van der Waals surface area contributed by atoms with Crippen LogP contribution >= 0.6 is 0 Å². The summed E-state index contributed by atoms with van der Waals surface area (Å²) in [7, 11) is 0. The minimum atomic E-state index is -0.381. The summed E-state index contributed by atoms with van der Waals surface area (Å²) in [6.07, 6.45) is 2.18. The van der Waals surface area contributed by atoms with Gasteiger partial charge in [0.15, 0.2) is 0 Å². The van der Waals surface area contributed by atoms with E-state index < -0.39 is 0 Å². The van der Waals surface area contributed by atoms with Gasteiger partial charge in [-0.25, -0.2) is 4.39 Å². The van der Waals surface area contributed by atoms with E-state index in [4.69, 9.17) is 5.11 Å². The number of carbonyl (C=O) groups is 1. The number of rotatable bonds is 6. The second-order valence-corrected chi connectivity index (χ2v) is 4.55. The quantitative estimate of drug-likeness (QED) is 0.795. The summed E-state index contributed by atoms with van der Waals surface area (Å²) < 4.78 is 13.3. The summed E-state index contributed by atoms with van der Waals surface area (Å²) in [5.74, 6) is -0.381. The van der Waals surface area contributed by atoms with E-state index >= 15 is 0 Å². The zero-order chi connectivity index (χ0) is 14.4. The molecule has 0 aliphatic heterocycles. The Morgan fingerprint density at radius 1 is 1.10 bits per heavy atom. The first-order valence-corrected chi connectivity index (χ1v) is 6.40. The molecule has 0 atom stereocenters. The van der Waals surface area contributed by atoms with Gasteiger partial charge >= 0.3 is 0 Å². The summed E-state index contributed by atoms with van der Waals surface area (Å²) in [4.78, 5) is 10.4. The normalized spacial score (nSPS) is 10.3. The summed E-state index contributed by atoms with van der Waals surface area (Å²) in [5.41, 5.74) is 3.14. The molecular weight excluding hydrogens is 257 g/mol. The highest BCUT2D eigenvalue weighted by molar-refractivity contribution is 5.71. The SMILES string of the molecule is O=CNc1cccc(CCc2ccc(F)c(CO)c2)c1. The third-order valence-electron chi connectivity index (χ3n) is 3.14. The molecule has 104 valence electrons. The molecule has 3 nitrogen and oxygen atoms in total. The van der Waals surface area contributed by atoms with Gasteiger partial charge in [0.25, 0.3) is 0 Å². The highest BCUT2D eigenvalue weighted by atomic mass is 19.1. The van der Waals surface area contributed by atoms with Crippen LogP contribution in [0.15, 0.2) is 42.5 Å². The average Bonchev–Trinajstić information content (AvgIpc) is 2.47. The Morgan fingerprint density at radius 3 is 2.55 bits per heavy atom. The number of anilines is 1. The lowest BCUT2D eigenvalue weighted by atomic mass is 10.0. The van der Waals surface area contributed by atoms with E-state index in [1.54, 1.807) is 12.1 Å². The van der Waals surface area contributed by atoms with Crippen molar-refractivity contribution in [2.75, 3.05) is 5.32 Å². The van der Waals surface area contributed by atoms with Crippen LogP contribution in [0.2, 0.25) is 0 Å². The van der Waals surface area contributed by atoms with Crippen LogP contribution in [0.5, 0.6) is 0 Å². The molecule has 2 rings (SSSR count). The van der Waals surface area contributed by atoms with Gasteiger partial charge in [0.1, 0.15) is 5.82 Å². The number of aryl methyl sites for hydroxylation is 2. The molecule has 4 heteroatoms. The van der Waals surface area contributed by atoms with Crippen molar-refractivity contribution in [2.45, 2.75) is 19.4 Å². The van der Waals surface area contributed by atoms with Crippen LogP contribution in [0.1, 0.15) is 16.7 Å². The van der Waals surface area contributed by atoms with Crippen LogP contribution in [0.3, 0.4) is 0 Å². The fourth-order valence-corrected chi connectivity index (χ4v) is 2.08. The van der Waals surface area contributed by atoms with Crippen LogP contribution < -0.4 is 5.32 Å². The molecule has 0 radical (unpaired) electrons. The lowest BCUT2D eigenvalue weighted by Crippen LogP contribution is -1.97. The van der Waals surface area contributed by atoms with Gasteiger partial charge in [-0.05, 0) is 42.2 Å².